The van der Waals surface area contributed by atoms with Gasteiger partial charge < -0.3 is 9.84 Å². The maximum atomic E-state index is 13.4. The molecule has 0 aliphatic carbocycles. The van der Waals surface area contributed by atoms with E-state index in [1.807, 2.05) is 68.4 Å². The van der Waals surface area contributed by atoms with E-state index in [4.69, 9.17) is 4.74 Å². The van der Waals surface area contributed by atoms with E-state index >= 15 is 0 Å². The lowest BCUT2D eigenvalue weighted by Gasteiger charge is -2.27. The van der Waals surface area contributed by atoms with Crippen LogP contribution in [0.1, 0.15) is 52.9 Å². The van der Waals surface area contributed by atoms with Crippen LogP contribution in [0.2, 0.25) is 0 Å². The summed E-state index contributed by atoms with van der Waals surface area (Å²) in [5.41, 5.74) is 3.62. The molecule has 3 aromatic rings. The molecule has 1 atom stereocenters. The maximum absolute atomic E-state index is 13.4. The third-order valence-electron chi connectivity index (χ3n) is 6.17. The Hall–Kier alpha value is -4.19. The highest BCUT2D eigenvalue weighted by Crippen LogP contribution is 2.41. The van der Waals surface area contributed by atoms with E-state index in [1.165, 1.54) is 4.90 Å². The number of carbonyl (C=O) groups excluding carboxylic acids is 3. The molecular formula is C30H29NO5. The lowest BCUT2D eigenvalue weighted by Crippen LogP contribution is -2.31. The largest absolute Gasteiger partial charge is 0.503 e. The fraction of sp³-hybridized carbons (Fsp3) is 0.233. The molecule has 1 aliphatic heterocycles. The Bertz CT molecular complexity index is 1290. The van der Waals surface area contributed by atoms with Crippen LogP contribution in [0.4, 0.5) is 5.69 Å². The number of hydrogen-bond acceptors (Lipinski definition) is 5. The number of aliphatic hydroxyl groups excluding tert-OH is 1. The molecule has 0 aromatic heterocycles. The summed E-state index contributed by atoms with van der Waals surface area (Å²) in [5, 5.41) is 10.9. The Balaban J connectivity index is 1.67. The second kappa shape index (κ2) is 11.0. The number of nitrogens with zero attached hydrogens (tertiary/aromatic N) is 1. The molecule has 0 saturated heterocycles. The summed E-state index contributed by atoms with van der Waals surface area (Å²) in [6.07, 6.45) is 1.38. The molecule has 0 fully saturated rings. The predicted molar refractivity (Wildman–Crippen MR) is 138 cm³/mol. The van der Waals surface area contributed by atoms with Crippen LogP contribution in [0.15, 0.2) is 90.2 Å². The molecule has 1 N–H and O–H groups in total. The SMILES string of the molecule is CCCOC(=O)c1ccc(N2C(=O)C(O)=C(C(=O)CCc3ccccc3)C2c2cccc(C)c2)cc1. The molecule has 6 nitrogen and oxygen atoms in total. The number of ether oxygens (including phenoxy) is 1. The average Bonchev–Trinajstić information content (AvgIpc) is 3.17. The Morgan fingerprint density at radius 3 is 2.36 bits per heavy atom. The van der Waals surface area contributed by atoms with Crippen molar-refractivity contribution < 1.29 is 24.2 Å². The summed E-state index contributed by atoms with van der Waals surface area (Å²) >= 11 is 0. The summed E-state index contributed by atoms with van der Waals surface area (Å²) in [7, 11) is 0. The van der Waals surface area contributed by atoms with Gasteiger partial charge in [-0.05, 0) is 55.2 Å². The smallest absolute Gasteiger partial charge is 0.338 e. The fourth-order valence-electron chi connectivity index (χ4n) is 4.39. The van der Waals surface area contributed by atoms with Gasteiger partial charge in [-0.3, -0.25) is 14.5 Å². The summed E-state index contributed by atoms with van der Waals surface area (Å²) in [6, 6.07) is 22.8. The number of aryl methyl sites for hydroxylation is 2. The minimum atomic E-state index is -0.779. The van der Waals surface area contributed by atoms with E-state index in [0.29, 0.717) is 24.3 Å². The second-order valence-corrected chi connectivity index (χ2v) is 8.85. The molecule has 4 rings (SSSR count). The number of anilines is 1. The van der Waals surface area contributed by atoms with Gasteiger partial charge >= 0.3 is 5.97 Å². The molecule has 1 amide bonds. The van der Waals surface area contributed by atoms with Gasteiger partial charge in [0.25, 0.3) is 5.91 Å². The van der Waals surface area contributed by atoms with Crippen molar-refractivity contribution >= 4 is 23.3 Å². The van der Waals surface area contributed by atoms with Crippen molar-refractivity contribution in [2.45, 2.75) is 39.2 Å². The zero-order valence-electron chi connectivity index (χ0n) is 20.4. The van der Waals surface area contributed by atoms with E-state index < -0.39 is 23.7 Å². The number of aliphatic hydroxyl groups is 1. The van der Waals surface area contributed by atoms with Gasteiger partial charge in [-0.15, -0.1) is 0 Å². The molecule has 1 unspecified atom stereocenters. The van der Waals surface area contributed by atoms with Gasteiger partial charge in [-0.25, -0.2) is 4.79 Å². The van der Waals surface area contributed by atoms with E-state index in [2.05, 4.69) is 0 Å². The Kier molecular flexibility index (Phi) is 7.64. The minimum absolute atomic E-state index is 0.0907. The van der Waals surface area contributed by atoms with Crippen molar-refractivity contribution in [1.29, 1.82) is 0 Å². The highest BCUT2D eigenvalue weighted by Gasteiger charge is 2.44. The third kappa shape index (κ3) is 5.23. The molecule has 6 heteroatoms. The van der Waals surface area contributed by atoms with Gasteiger partial charge in [0.1, 0.15) is 0 Å². The van der Waals surface area contributed by atoms with E-state index in [1.54, 1.807) is 24.3 Å². The first-order chi connectivity index (χ1) is 17.4. The first kappa shape index (κ1) is 24.9. The molecule has 1 aliphatic rings. The van der Waals surface area contributed by atoms with E-state index in [9.17, 15) is 19.5 Å². The summed E-state index contributed by atoms with van der Waals surface area (Å²) < 4.78 is 5.18. The van der Waals surface area contributed by atoms with Crippen LogP contribution >= 0.6 is 0 Å². The first-order valence-electron chi connectivity index (χ1n) is 12.1. The number of esters is 1. The quantitative estimate of drug-likeness (QED) is 0.397. The molecule has 0 spiro atoms. The van der Waals surface area contributed by atoms with Crippen LogP contribution in [-0.4, -0.2) is 29.4 Å². The molecule has 36 heavy (non-hydrogen) atoms. The zero-order chi connectivity index (χ0) is 25.7. The summed E-state index contributed by atoms with van der Waals surface area (Å²) in [4.78, 5) is 40.3. The van der Waals surface area contributed by atoms with Crippen molar-refractivity contribution in [3.63, 3.8) is 0 Å². The zero-order valence-corrected chi connectivity index (χ0v) is 20.4. The predicted octanol–water partition coefficient (Wildman–Crippen LogP) is 5.66. The highest BCUT2D eigenvalue weighted by atomic mass is 16.5. The molecule has 0 saturated carbocycles. The minimum Gasteiger partial charge on any atom is -0.503 e. The van der Waals surface area contributed by atoms with Crippen LogP contribution < -0.4 is 4.90 Å². The number of benzene rings is 3. The van der Waals surface area contributed by atoms with Gasteiger partial charge in [0.15, 0.2) is 11.5 Å². The molecule has 3 aromatic carbocycles. The van der Waals surface area contributed by atoms with Crippen LogP contribution in [0, 0.1) is 6.92 Å². The number of Topliss-reactive ketones (excluding diaryl/α,β-unsaturated/α-hetero) is 1. The molecule has 1 heterocycles. The van der Waals surface area contributed by atoms with Crippen molar-refractivity contribution in [2.24, 2.45) is 0 Å². The number of hydrogen-bond donors (Lipinski definition) is 1. The Labute approximate surface area is 210 Å². The number of amides is 1. The summed E-state index contributed by atoms with van der Waals surface area (Å²) in [6.45, 7) is 4.17. The lowest BCUT2D eigenvalue weighted by molar-refractivity contribution is -0.118. The van der Waals surface area contributed by atoms with Gasteiger partial charge in [0, 0.05) is 12.1 Å². The van der Waals surface area contributed by atoms with Gasteiger partial charge in [0.05, 0.1) is 23.8 Å². The van der Waals surface area contributed by atoms with Crippen LogP contribution in [0.3, 0.4) is 0 Å². The first-order valence-corrected chi connectivity index (χ1v) is 12.1. The molecular weight excluding hydrogens is 454 g/mol. The monoisotopic (exact) mass is 483 g/mol. The second-order valence-electron chi connectivity index (χ2n) is 8.85. The van der Waals surface area contributed by atoms with Gasteiger partial charge in [-0.2, -0.15) is 0 Å². The van der Waals surface area contributed by atoms with Crippen molar-refractivity contribution in [3.8, 4) is 0 Å². The number of ketones is 1. The van der Waals surface area contributed by atoms with E-state index in [-0.39, 0.29) is 17.8 Å². The number of carbonyl (C=O) groups is 3. The van der Waals surface area contributed by atoms with Gasteiger partial charge in [-0.1, -0.05) is 67.1 Å². The fourth-order valence-corrected chi connectivity index (χ4v) is 4.39. The average molecular weight is 484 g/mol. The topological polar surface area (TPSA) is 83.9 Å². The highest BCUT2D eigenvalue weighted by molar-refractivity contribution is 6.16. The van der Waals surface area contributed by atoms with Crippen molar-refractivity contribution in [3.05, 3.63) is 112 Å². The third-order valence-corrected chi connectivity index (χ3v) is 6.17. The number of rotatable bonds is 9. The van der Waals surface area contributed by atoms with Crippen LogP contribution in [0.5, 0.6) is 0 Å². The summed E-state index contributed by atoms with van der Waals surface area (Å²) in [5.74, 6) is -1.90. The molecule has 0 radical (unpaired) electrons. The standard InChI is InChI=1S/C30H29NO5/c1-3-18-36-30(35)22-13-15-24(16-14-22)31-27(23-11-7-8-20(2)19-23)26(28(33)29(31)34)25(32)17-12-21-9-5-4-6-10-21/h4-11,13-16,19,27,33H,3,12,17-18H2,1-2H3. The van der Waals surface area contributed by atoms with Gasteiger partial charge in [0.2, 0.25) is 0 Å². The maximum Gasteiger partial charge on any atom is 0.338 e. The van der Waals surface area contributed by atoms with Crippen molar-refractivity contribution in [1.82, 2.24) is 0 Å². The van der Waals surface area contributed by atoms with Crippen molar-refractivity contribution in [2.75, 3.05) is 11.5 Å². The molecule has 184 valence electrons. The Morgan fingerprint density at radius 2 is 1.69 bits per heavy atom. The Morgan fingerprint density at radius 1 is 0.972 bits per heavy atom. The normalized spacial score (nSPS) is 15.3. The molecule has 0 bridgehead atoms. The van der Waals surface area contributed by atoms with Crippen LogP contribution in [-0.2, 0) is 20.7 Å². The lowest BCUT2D eigenvalue weighted by atomic mass is 9.92. The van der Waals surface area contributed by atoms with Crippen LogP contribution in [0.25, 0.3) is 0 Å². The van der Waals surface area contributed by atoms with E-state index in [0.717, 1.165) is 23.1 Å².